The smallest absolute Gasteiger partial charge is 0.230 e. The third kappa shape index (κ3) is 6.11. The summed E-state index contributed by atoms with van der Waals surface area (Å²) in [6.07, 6.45) is 5.87. The zero-order chi connectivity index (χ0) is 25.7. The second-order valence-corrected chi connectivity index (χ2v) is 11.4. The number of aryl methyl sites for hydroxylation is 1. The maximum atomic E-state index is 13.6. The monoisotopic (exact) mass is 516 g/mol. The topological polar surface area (TPSA) is 83.1 Å². The molecule has 7 heteroatoms. The van der Waals surface area contributed by atoms with E-state index in [1.54, 1.807) is 0 Å². The molecule has 0 bridgehead atoms. The number of nitrogens with one attached hydrogen (secondary N) is 3. The first kappa shape index (κ1) is 25.6. The number of thiazole rings is 1. The van der Waals surface area contributed by atoms with Gasteiger partial charge in [0.25, 0.3) is 0 Å². The molecule has 2 amide bonds. The average molecular weight is 517 g/mol. The Labute approximate surface area is 223 Å². The highest BCUT2D eigenvalue weighted by Crippen LogP contribution is 2.35. The Morgan fingerprint density at radius 3 is 2.41 bits per heavy atom. The number of anilines is 1. The van der Waals surface area contributed by atoms with E-state index in [0.29, 0.717) is 17.5 Å². The van der Waals surface area contributed by atoms with Gasteiger partial charge in [0, 0.05) is 23.4 Å². The molecule has 0 spiro atoms. The van der Waals surface area contributed by atoms with Crippen LogP contribution < -0.4 is 16.0 Å². The maximum absolute atomic E-state index is 13.6. The first-order valence-corrected chi connectivity index (χ1v) is 14.3. The van der Waals surface area contributed by atoms with E-state index in [9.17, 15) is 9.59 Å². The van der Waals surface area contributed by atoms with Gasteiger partial charge < -0.3 is 16.0 Å². The molecular weight excluding hydrogens is 480 g/mol. The molecule has 5 rings (SSSR count). The summed E-state index contributed by atoms with van der Waals surface area (Å²) >= 11 is 1.46. The van der Waals surface area contributed by atoms with Crippen molar-refractivity contribution >= 4 is 28.3 Å². The van der Waals surface area contributed by atoms with Crippen LogP contribution in [-0.4, -0.2) is 35.9 Å². The molecule has 3 aromatic rings. The molecule has 1 aromatic heterocycles. The van der Waals surface area contributed by atoms with Crippen LogP contribution in [0.5, 0.6) is 0 Å². The number of benzene rings is 2. The Morgan fingerprint density at radius 1 is 1.00 bits per heavy atom. The zero-order valence-electron chi connectivity index (χ0n) is 21.5. The number of amides is 2. The summed E-state index contributed by atoms with van der Waals surface area (Å²) in [6.45, 7) is 3.78. The van der Waals surface area contributed by atoms with Gasteiger partial charge in [-0.25, -0.2) is 4.98 Å². The molecular formula is C30H36N4O2S. The molecule has 6 nitrogen and oxygen atoms in total. The summed E-state index contributed by atoms with van der Waals surface area (Å²) in [7, 11) is 0. The van der Waals surface area contributed by atoms with Crippen LogP contribution in [0.15, 0.2) is 60.0 Å². The SMILES string of the molecule is Cc1ccc(-c2csc(NC(=O)C[C@H]3CC[C@@H](NC(=O)C4(c5ccccc5)CCNCC4)CC3)n2)cc1. The van der Waals surface area contributed by atoms with Gasteiger partial charge in [-0.15, -0.1) is 11.3 Å². The Bertz CT molecular complexity index is 1190. The molecule has 0 atom stereocenters. The van der Waals surface area contributed by atoms with Gasteiger partial charge in [-0.2, -0.15) is 0 Å². The van der Waals surface area contributed by atoms with Crippen LogP contribution >= 0.6 is 11.3 Å². The first-order valence-electron chi connectivity index (χ1n) is 13.4. The number of rotatable bonds is 7. The van der Waals surface area contributed by atoms with E-state index >= 15 is 0 Å². The number of hydrogen-bond donors (Lipinski definition) is 3. The Kier molecular flexibility index (Phi) is 8.01. The highest BCUT2D eigenvalue weighted by atomic mass is 32.1. The summed E-state index contributed by atoms with van der Waals surface area (Å²) in [5.74, 6) is 0.524. The lowest BCUT2D eigenvalue weighted by Gasteiger charge is -2.39. The van der Waals surface area contributed by atoms with Crippen molar-refractivity contribution in [3.8, 4) is 11.3 Å². The van der Waals surface area contributed by atoms with Gasteiger partial charge in [0.1, 0.15) is 0 Å². The molecule has 37 heavy (non-hydrogen) atoms. The fourth-order valence-corrected chi connectivity index (χ4v) is 6.45. The summed E-state index contributed by atoms with van der Waals surface area (Å²) < 4.78 is 0. The van der Waals surface area contributed by atoms with Gasteiger partial charge in [0.15, 0.2) is 5.13 Å². The molecule has 2 aromatic carbocycles. The lowest BCUT2D eigenvalue weighted by atomic mass is 9.72. The fourth-order valence-electron chi connectivity index (χ4n) is 5.71. The Morgan fingerprint density at radius 2 is 1.70 bits per heavy atom. The van der Waals surface area contributed by atoms with E-state index in [-0.39, 0.29) is 17.9 Å². The predicted octanol–water partition coefficient (Wildman–Crippen LogP) is 5.44. The Hall–Kier alpha value is -3.03. The van der Waals surface area contributed by atoms with Crippen molar-refractivity contribution in [2.75, 3.05) is 18.4 Å². The van der Waals surface area contributed by atoms with Crippen LogP contribution in [-0.2, 0) is 15.0 Å². The quantitative estimate of drug-likeness (QED) is 0.390. The number of carbonyl (C=O) groups excluding carboxylic acids is 2. The number of hydrogen-bond acceptors (Lipinski definition) is 5. The van der Waals surface area contributed by atoms with Gasteiger partial charge in [0.05, 0.1) is 11.1 Å². The highest BCUT2D eigenvalue weighted by Gasteiger charge is 2.42. The average Bonchev–Trinajstić information content (AvgIpc) is 3.39. The van der Waals surface area contributed by atoms with Crippen LogP contribution in [0.4, 0.5) is 5.13 Å². The van der Waals surface area contributed by atoms with Crippen molar-refractivity contribution in [1.29, 1.82) is 0 Å². The molecule has 1 saturated carbocycles. The minimum absolute atomic E-state index is 0.0232. The third-order valence-corrected chi connectivity index (χ3v) is 8.73. The van der Waals surface area contributed by atoms with Crippen molar-refractivity contribution in [3.05, 3.63) is 71.1 Å². The molecule has 1 aliphatic heterocycles. The van der Waals surface area contributed by atoms with E-state index in [2.05, 4.69) is 64.3 Å². The van der Waals surface area contributed by atoms with Crippen molar-refractivity contribution in [2.24, 2.45) is 5.92 Å². The van der Waals surface area contributed by atoms with Gasteiger partial charge in [0.2, 0.25) is 11.8 Å². The standard InChI is InChI=1S/C30H36N4O2S/c1-21-7-11-23(12-8-21)26-20-37-29(33-26)34-27(35)19-22-9-13-25(14-10-22)32-28(36)30(15-17-31-18-16-30)24-5-3-2-4-6-24/h2-8,11-12,20,22,25,31H,9-10,13-19H2,1H3,(H,32,36)(H,33,34,35)/t22-,25+. The molecule has 0 unspecified atom stereocenters. The molecule has 194 valence electrons. The van der Waals surface area contributed by atoms with E-state index in [1.165, 1.54) is 16.9 Å². The molecule has 0 radical (unpaired) electrons. The second kappa shape index (κ2) is 11.6. The summed E-state index contributed by atoms with van der Waals surface area (Å²) in [5, 5.41) is 12.4. The van der Waals surface area contributed by atoms with Crippen molar-refractivity contribution in [1.82, 2.24) is 15.6 Å². The van der Waals surface area contributed by atoms with Crippen LogP contribution in [0, 0.1) is 12.8 Å². The van der Waals surface area contributed by atoms with Crippen LogP contribution in [0.3, 0.4) is 0 Å². The van der Waals surface area contributed by atoms with E-state index in [1.807, 2.05) is 23.6 Å². The van der Waals surface area contributed by atoms with E-state index < -0.39 is 5.41 Å². The van der Waals surface area contributed by atoms with E-state index in [4.69, 9.17) is 0 Å². The minimum atomic E-state index is -0.450. The van der Waals surface area contributed by atoms with Crippen LogP contribution in [0.1, 0.15) is 56.1 Å². The molecule has 2 heterocycles. The number of aromatic nitrogens is 1. The molecule has 3 N–H and O–H groups in total. The molecule has 1 aliphatic carbocycles. The summed E-state index contributed by atoms with van der Waals surface area (Å²) in [4.78, 5) is 30.9. The summed E-state index contributed by atoms with van der Waals surface area (Å²) in [6, 6.07) is 18.7. The number of piperidine rings is 1. The predicted molar refractivity (Wildman–Crippen MR) is 150 cm³/mol. The molecule has 1 saturated heterocycles. The zero-order valence-corrected chi connectivity index (χ0v) is 22.3. The third-order valence-electron chi connectivity index (χ3n) is 7.97. The highest BCUT2D eigenvalue weighted by molar-refractivity contribution is 7.14. The second-order valence-electron chi connectivity index (χ2n) is 10.5. The van der Waals surface area contributed by atoms with Crippen molar-refractivity contribution in [2.45, 2.75) is 63.3 Å². The normalized spacial score (nSPS) is 21.2. The first-order chi connectivity index (χ1) is 18.0. The largest absolute Gasteiger partial charge is 0.353 e. The van der Waals surface area contributed by atoms with Gasteiger partial charge in [-0.05, 0) is 70.0 Å². The lowest BCUT2D eigenvalue weighted by Crippen LogP contribution is -2.53. The van der Waals surface area contributed by atoms with Crippen molar-refractivity contribution < 1.29 is 9.59 Å². The van der Waals surface area contributed by atoms with Gasteiger partial charge >= 0.3 is 0 Å². The number of carbonyl (C=O) groups is 2. The lowest BCUT2D eigenvalue weighted by molar-refractivity contribution is -0.129. The molecule has 2 aliphatic rings. The van der Waals surface area contributed by atoms with Crippen LogP contribution in [0.25, 0.3) is 11.3 Å². The van der Waals surface area contributed by atoms with Crippen LogP contribution in [0.2, 0.25) is 0 Å². The Balaban J connectivity index is 1.11. The minimum Gasteiger partial charge on any atom is -0.353 e. The molecule has 2 fully saturated rings. The van der Waals surface area contributed by atoms with Gasteiger partial charge in [-0.3, -0.25) is 9.59 Å². The summed E-state index contributed by atoms with van der Waals surface area (Å²) in [5.41, 5.74) is 3.82. The van der Waals surface area contributed by atoms with Gasteiger partial charge in [-0.1, -0.05) is 60.2 Å². The fraction of sp³-hybridized carbons (Fsp3) is 0.433. The number of nitrogens with zero attached hydrogens (tertiary/aromatic N) is 1. The van der Waals surface area contributed by atoms with E-state index in [0.717, 1.165) is 68.4 Å². The van der Waals surface area contributed by atoms with Crippen molar-refractivity contribution in [3.63, 3.8) is 0 Å². The maximum Gasteiger partial charge on any atom is 0.230 e.